The number of aliphatic carboxylic acids is 1. The van der Waals surface area contributed by atoms with Crippen molar-refractivity contribution in [3.05, 3.63) is 0 Å². The van der Waals surface area contributed by atoms with E-state index in [1.807, 2.05) is 13.8 Å². The molecule has 0 heterocycles. The van der Waals surface area contributed by atoms with E-state index in [4.69, 9.17) is 0 Å². The summed E-state index contributed by atoms with van der Waals surface area (Å²) in [6.07, 6.45) is 10.2. The summed E-state index contributed by atoms with van der Waals surface area (Å²) in [5, 5.41) is 15.1. The molecule has 0 aromatic heterocycles. The molecule has 0 spiro atoms. The third-order valence-electron chi connectivity index (χ3n) is 5.98. The highest BCUT2D eigenvalue weighted by Crippen LogP contribution is 2.28. The maximum atomic E-state index is 12.4. The molecule has 0 radical (unpaired) electrons. The van der Waals surface area contributed by atoms with Gasteiger partial charge in [0.25, 0.3) is 0 Å². The monoisotopic (exact) mass is 380 g/mol. The van der Waals surface area contributed by atoms with Gasteiger partial charge >= 0.3 is 5.97 Å². The second-order valence-corrected chi connectivity index (χ2v) is 8.85. The van der Waals surface area contributed by atoms with E-state index in [0.717, 1.165) is 12.8 Å². The van der Waals surface area contributed by atoms with Crippen LogP contribution in [0.4, 0.5) is 0 Å². The fourth-order valence-electron chi connectivity index (χ4n) is 4.42. The van der Waals surface area contributed by atoms with E-state index in [1.54, 1.807) is 0 Å². The summed E-state index contributed by atoms with van der Waals surface area (Å²) in [6.45, 7) is 3.90. The predicted octanol–water partition coefficient (Wildman–Crippen LogP) is 3.25. The molecule has 1 atom stereocenters. The van der Waals surface area contributed by atoms with E-state index in [9.17, 15) is 19.5 Å². The molecule has 154 valence electrons. The molecule has 6 nitrogen and oxygen atoms in total. The number of carbonyl (C=O) groups is 3. The molecule has 0 aromatic rings. The summed E-state index contributed by atoms with van der Waals surface area (Å²) in [5.74, 6) is -0.379. The Kier molecular flexibility index (Phi) is 8.58. The van der Waals surface area contributed by atoms with Crippen LogP contribution < -0.4 is 10.6 Å². The zero-order valence-corrected chi connectivity index (χ0v) is 16.8. The van der Waals surface area contributed by atoms with E-state index in [-0.39, 0.29) is 29.7 Å². The third kappa shape index (κ3) is 7.51. The summed E-state index contributed by atoms with van der Waals surface area (Å²) in [5.41, 5.74) is 0. The molecule has 3 N–H and O–H groups in total. The standard InChI is InChI=1S/C21H36N2O4/c1-14(2)12-18(21(26)27)23-20(25)16-8-10-17(11-9-16)22-19(24)13-15-6-4-3-5-7-15/h14-18H,3-13H2,1-2H3,(H,22,24)(H,23,25)(H,26,27)/t16?,17?,18-/m1/s1. The van der Waals surface area contributed by atoms with Gasteiger partial charge in [-0.3, -0.25) is 9.59 Å². The van der Waals surface area contributed by atoms with Crippen LogP contribution in [0.1, 0.15) is 84.5 Å². The van der Waals surface area contributed by atoms with Crippen LogP contribution in [0.3, 0.4) is 0 Å². The fourth-order valence-corrected chi connectivity index (χ4v) is 4.42. The maximum Gasteiger partial charge on any atom is 0.326 e. The minimum absolute atomic E-state index is 0.148. The lowest BCUT2D eigenvalue weighted by Crippen LogP contribution is -2.46. The maximum absolute atomic E-state index is 12.4. The highest BCUT2D eigenvalue weighted by Gasteiger charge is 2.30. The molecule has 2 fully saturated rings. The number of nitrogens with one attached hydrogen (secondary N) is 2. The van der Waals surface area contributed by atoms with Gasteiger partial charge < -0.3 is 15.7 Å². The average Bonchev–Trinajstić information content (AvgIpc) is 2.62. The van der Waals surface area contributed by atoms with Crippen molar-refractivity contribution >= 4 is 17.8 Å². The summed E-state index contributed by atoms with van der Waals surface area (Å²) >= 11 is 0. The second-order valence-electron chi connectivity index (χ2n) is 8.85. The first-order chi connectivity index (χ1) is 12.8. The third-order valence-corrected chi connectivity index (χ3v) is 5.98. The molecule has 0 bridgehead atoms. The number of amides is 2. The minimum Gasteiger partial charge on any atom is -0.480 e. The quantitative estimate of drug-likeness (QED) is 0.602. The number of carboxylic acids is 1. The minimum atomic E-state index is -0.972. The smallest absolute Gasteiger partial charge is 0.326 e. The molecule has 0 aromatic carbocycles. The molecule has 2 saturated carbocycles. The molecule has 2 amide bonds. The molecule has 0 aliphatic heterocycles. The lowest BCUT2D eigenvalue weighted by atomic mass is 9.84. The lowest BCUT2D eigenvalue weighted by molar-refractivity contribution is -0.143. The van der Waals surface area contributed by atoms with Crippen molar-refractivity contribution in [1.29, 1.82) is 0 Å². The molecule has 0 saturated heterocycles. The van der Waals surface area contributed by atoms with E-state index in [2.05, 4.69) is 10.6 Å². The van der Waals surface area contributed by atoms with Crippen LogP contribution in [-0.4, -0.2) is 35.0 Å². The van der Waals surface area contributed by atoms with Gasteiger partial charge in [0.1, 0.15) is 6.04 Å². The van der Waals surface area contributed by atoms with Gasteiger partial charge in [-0.05, 0) is 56.8 Å². The zero-order valence-electron chi connectivity index (χ0n) is 16.8. The van der Waals surface area contributed by atoms with Crippen LogP contribution in [0.15, 0.2) is 0 Å². The van der Waals surface area contributed by atoms with Gasteiger partial charge in [0.15, 0.2) is 0 Å². The summed E-state index contributed by atoms with van der Waals surface area (Å²) in [7, 11) is 0. The van der Waals surface area contributed by atoms with E-state index in [1.165, 1.54) is 32.1 Å². The first-order valence-corrected chi connectivity index (χ1v) is 10.7. The SMILES string of the molecule is CC(C)C[C@@H](NC(=O)C1CCC(NC(=O)CC2CCCCC2)CC1)C(=O)O. The van der Waals surface area contributed by atoms with Crippen LogP contribution >= 0.6 is 0 Å². The second kappa shape index (κ2) is 10.7. The Labute approximate surface area is 162 Å². The van der Waals surface area contributed by atoms with Gasteiger partial charge in [0.2, 0.25) is 11.8 Å². The Balaban J connectivity index is 1.71. The van der Waals surface area contributed by atoms with Gasteiger partial charge in [-0.25, -0.2) is 4.79 Å². The molecule has 27 heavy (non-hydrogen) atoms. The Morgan fingerprint density at radius 2 is 1.59 bits per heavy atom. The van der Waals surface area contributed by atoms with Crippen LogP contribution in [0.5, 0.6) is 0 Å². The zero-order chi connectivity index (χ0) is 19.8. The van der Waals surface area contributed by atoms with Crippen molar-refractivity contribution in [3.8, 4) is 0 Å². The van der Waals surface area contributed by atoms with Crippen molar-refractivity contribution < 1.29 is 19.5 Å². The number of hydrogen-bond donors (Lipinski definition) is 3. The number of carboxylic acid groups (broad SMARTS) is 1. The summed E-state index contributed by atoms with van der Waals surface area (Å²) in [6, 6.07) is -0.665. The molecular formula is C21H36N2O4. The Morgan fingerprint density at radius 1 is 0.963 bits per heavy atom. The number of rotatable bonds is 8. The van der Waals surface area contributed by atoms with E-state index < -0.39 is 12.0 Å². The fraction of sp³-hybridized carbons (Fsp3) is 0.857. The number of hydrogen-bond acceptors (Lipinski definition) is 3. The van der Waals surface area contributed by atoms with Gasteiger partial charge in [-0.2, -0.15) is 0 Å². The van der Waals surface area contributed by atoms with Gasteiger partial charge in [0, 0.05) is 18.4 Å². The van der Waals surface area contributed by atoms with Crippen molar-refractivity contribution in [1.82, 2.24) is 10.6 Å². The topological polar surface area (TPSA) is 95.5 Å². The average molecular weight is 381 g/mol. The van der Waals surface area contributed by atoms with E-state index in [0.29, 0.717) is 31.6 Å². The Morgan fingerprint density at radius 3 is 2.15 bits per heavy atom. The van der Waals surface area contributed by atoms with Crippen molar-refractivity contribution in [3.63, 3.8) is 0 Å². The van der Waals surface area contributed by atoms with Crippen LogP contribution in [0.25, 0.3) is 0 Å². The van der Waals surface area contributed by atoms with Crippen molar-refractivity contribution in [2.24, 2.45) is 17.8 Å². The lowest BCUT2D eigenvalue weighted by Gasteiger charge is -2.30. The highest BCUT2D eigenvalue weighted by atomic mass is 16.4. The summed E-state index contributed by atoms with van der Waals surface area (Å²) in [4.78, 5) is 36.0. The first kappa shape index (κ1) is 21.7. The summed E-state index contributed by atoms with van der Waals surface area (Å²) < 4.78 is 0. The normalized spacial score (nSPS) is 25.0. The van der Waals surface area contributed by atoms with Crippen LogP contribution in [-0.2, 0) is 14.4 Å². The highest BCUT2D eigenvalue weighted by molar-refractivity contribution is 5.85. The largest absolute Gasteiger partial charge is 0.480 e. The van der Waals surface area contributed by atoms with Crippen LogP contribution in [0, 0.1) is 17.8 Å². The van der Waals surface area contributed by atoms with Gasteiger partial charge in [-0.15, -0.1) is 0 Å². The Hall–Kier alpha value is -1.59. The molecule has 6 heteroatoms. The molecule has 2 aliphatic rings. The molecular weight excluding hydrogens is 344 g/mol. The number of carbonyl (C=O) groups excluding carboxylic acids is 2. The Bertz CT molecular complexity index is 506. The molecule has 2 rings (SSSR count). The van der Waals surface area contributed by atoms with Crippen LogP contribution in [0.2, 0.25) is 0 Å². The van der Waals surface area contributed by atoms with Crippen molar-refractivity contribution in [2.45, 2.75) is 96.6 Å². The van der Waals surface area contributed by atoms with Crippen molar-refractivity contribution in [2.75, 3.05) is 0 Å². The van der Waals surface area contributed by atoms with Gasteiger partial charge in [-0.1, -0.05) is 33.1 Å². The molecule has 0 unspecified atom stereocenters. The first-order valence-electron chi connectivity index (χ1n) is 10.7. The van der Waals surface area contributed by atoms with Gasteiger partial charge in [0.05, 0.1) is 0 Å². The van der Waals surface area contributed by atoms with E-state index >= 15 is 0 Å². The molecule has 2 aliphatic carbocycles. The predicted molar refractivity (Wildman–Crippen MR) is 104 cm³/mol.